The third-order valence-corrected chi connectivity index (χ3v) is 4.19. The second-order valence-electron chi connectivity index (χ2n) is 6.31. The Kier molecular flexibility index (Phi) is 5.64. The monoisotopic (exact) mass is 377 g/mol. The largest absolute Gasteiger partial charge is 0.477 e. The maximum Gasteiger partial charge on any atom is 0.311 e. The highest BCUT2D eigenvalue weighted by molar-refractivity contribution is 6.02. The van der Waals surface area contributed by atoms with Crippen molar-refractivity contribution in [2.45, 2.75) is 13.8 Å². The van der Waals surface area contributed by atoms with Gasteiger partial charge in [0.25, 0.3) is 5.91 Å². The van der Waals surface area contributed by atoms with Gasteiger partial charge in [0.15, 0.2) is 12.4 Å². The van der Waals surface area contributed by atoms with E-state index in [2.05, 4.69) is 10.5 Å². The van der Waals surface area contributed by atoms with Gasteiger partial charge in [-0.2, -0.15) is 5.10 Å². The van der Waals surface area contributed by atoms with Gasteiger partial charge in [-0.1, -0.05) is 42.5 Å². The van der Waals surface area contributed by atoms with E-state index >= 15 is 0 Å². The molecule has 3 aromatic rings. The standard InChI is InChI=1S/C21H19N3O4/c1-14-7-10-20(19(11-14)24(26)27)28-13-21(25)23-22-15(2)17-9-8-16-5-3-4-6-18(16)12-17/h3-12H,13H2,1-2H3,(H,23,25). The fraction of sp³-hybridized carbons (Fsp3) is 0.143. The first-order chi connectivity index (χ1) is 13.4. The Hall–Kier alpha value is -3.74. The number of aryl methyl sites for hydroxylation is 1. The summed E-state index contributed by atoms with van der Waals surface area (Å²) < 4.78 is 5.29. The molecule has 0 aromatic heterocycles. The molecule has 0 aliphatic carbocycles. The highest BCUT2D eigenvalue weighted by atomic mass is 16.6. The normalized spacial score (nSPS) is 11.3. The van der Waals surface area contributed by atoms with E-state index in [1.807, 2.05) is 42.5 Å². The molecule has 0 spiro atoms. The van der Waals surface area contributed by atoms with Crippen molar-refractivity contribution in [1.82, 2.24) is 5.43 Å². The summed E-state index contributed by atoms with van der Waals surface area (Å²) in [5.41, 5.74) is 4.49. The van der Waals surface area contributed by atoms with E-state index in [1.165, 1.54) is 12.1 Å². The van der Waals surface area contributed by atoms with Gasteiger partial charge in [-0.3, -0.25) is 14.9 Å². The lowest BCUT2D eigenvalue weighted by molar-refractivity contribution is -0.385. The van der Waals surface area contributed by atoms with Gasteiger partial charge >= 0.3 is 5.69 Å². The summed E-state index contributed by atoms with van der Waals surface area (Å²) in [4.78, 5) is 22.5. The number of hydrazone groups is 1. The van der Waals surface area contributed by atoms with E-state index in [-0.39, 0.29) is 18.0 Å². The minimum Gasteiger partial charge on any atom is -0.477 e. The van der Waals surface area contributed by atoms with Gasteiger partial charge in [0.2, 0.25) is 0 Å². The van der Waals surface area contributed by atoms with Gasteiger partial charge in [-0.15, -0.1) is 0 Å². The van der Waals surface area contributed by atoms with Crippen molar-refractivity contribution in [1.29, 1.82) is 0 Å². The Morgan fingerprint density at radius 2 is 1.86 bits per heavy atom. The van der Waals surface area contributed by atoms with E-state index in [9.17, 15) is 14.9 Å². The van der Waals surface area contributed by atoms with Crippen LogP contribution in [0.4, 0.5) is 5.69 Å². The van der Waals surface area contributed by atoms with Gasteiger partial charge in [0, 0.05) is 6.07 Å². The fourth-order valence-corrected chi connectivity index (χ4v) is 2.69. The van der Waals surface area contributed by atoms with Crippen molar-refractivity contribution in [3.8, 4) is 5.75 Å². The number of hydrogen-bond donors (Lipinski definition) is 1. The van der Waals surface area contributed by atoms with E-state index in [1.54, 1.807) is 19.9 Å². The van der Waals surface area contributed by atoms with Gasteiger partial charge in [0.1, 0.15) is 0 Å². The number of nitrogens with one attached hydrogen (secondary N) is 1. The van der Waals surface area contributed by atoms with E-state index in [4.69, 9.17) is 4.74 Å². The molecule has 0 saturated heterocycles. The van der Waals surface area contributed by atoms with Crippen molar-refractivity contribution >= 4 is 28.1 Å². The lowest BCUT2D eigenvalue weighted by Gasteiger charge is -2.07. The number of carbonyl (C=O) groups excluding carboxylic acids is 1. The topological polar surface area (TPSA) is 93.8 Å². The molecule has 1 amide bonds. The molecular formula is C21H19N3O4. The predicted molar refractivity (Wildman–Crippen MR) is 108 cm³/mol. The number of ether oxygens (including phenoxy) is 1. The van der Waals surface area contributed by atoms with E-state index < -0.39 is 10.8 Å². The third-order valence-electron chi connectivity index (χ3n) is 4.19. The van der Waals surface area contributed by atoms with Crippen molar-refractivity contribution in [2.24, 2.45) is 5.10 Å². The maximum atomic E-state index is 12.0. The van der Waals surface area contributed by atoms with Gasteiger partial charge in [-0.05, 0) is 47.9 Å². The summed E-state index contributed by atoms with van der Waals surface area (Å²) in [5, 5.41) is 17.4. The molecule has 0 atom stereocenters. The molecule has 142 valence electrons. The molecule has 0 aliphatic rings. The predicted octanol–water partition coefficient (Wildman–Crippen LogP) is 3.98. The number of nitro groups is 1. The quantitative estimate of drug-likeness (QED) is 0.399. The lowest BCUT2D eigenvalue weighted by atomic mass is 10.0. The van der Waals surface area contributed by atoms with Crippen molar-refractivity contribution < 1.29 is 14.5 Å². The molecule has 0 aliphatic heterocycles. The number of nitro benzene ring substituents is 1. The van der Waals surface area contributed by atoms with Crippen LogP contribution in [0, 0.1) is 17.0 Å². The molecule has 1 N–H and O–H groups in total. The number of carbonyl (C=O) groups is 1. The number of fused-ring (bicyclic) bond motifs is 1. The molecule has 3 aromatic carbocycles. The summed E-state index contributed by atoms with van der Waals surface area (Å²) in [6.07, 6.45) is 0. The van der Waals surface area contributed by atoms with Crippen molar-refractivity contribution in [2.75, 3.05) is 6.61 Å². The molecule has 7 heteroatoms. The van der Waals surface area contributed by atoms with Crippen LogP contribution in [0.1, 0.15) is 18.1 Å². The van der Waals surface area contributed by atoms with Gasteiger partial charge < -0.3 is 4.74 Å². The van der Waals surface area contributed by atoms with Crippen LogP contribution < -0.4 is 10.2 Å². The SMILES string of the molecule is CC(=NNC(=O)COc1ccc(C)cc1[N+](=O)[O-])c1ccc2ccccc2c1. The summed E-state index contributed by atoms with van der Waals surface area (Å²) >= 11 is 0. The van der Waals surface area contributed by atoms with Crippen molar-refractivity contribution in [3.63, 3.8) is 0 Å². The van der Waals surface area contributed by atoms with Crippen LogP contribution in [0.3, 0.4) is 0 Å². The average molecular weight is 377 g/mol. The Morgan fingerprint density at radius 1 is 1.11 bits per heavy atom. The molecule has 0 fully saturated rings. The molecule has 0 saturated carbocycles. The number of benzene rings is 3. The van der Waals surface area contributed by atoms with Crippen LogP contribution in [-0.4, -0.2) is 23.1 Å². The molecule has 7 nitrogen and oxygen atoms in total. The zero-order chi connectivity index (χ0) is 20.1. The second kappa shape index (κ2) is 8.30. The van der Waals surface area contributed by atoms with Crippen LogP contribution >= 0.6 is 0 Å². The van der Waals surface area contributed by atoms with Crippen molar-refractivity contribution in [3.05, 3.63) is 81.9 Å². The second-order valence-corrected chi connectivity index (χ2v) is 6.31. The zero-order valence-corrected chi connectivity index (χ0v) is 15.5. The smallest absolute Gasteiger partial charge is 0.311 e. The first-order valence-electron chi connectivity index (χ1n) is 8.64. The van der Waals surface area contributed by atoms with Crippen LogP contribution in [0.15, 0.2) is 65.8 Å². The first kappa shape index (κ1) is 19.0. The van der Waals surface area contributed by atoms with Crippen LogP contribution in [0.5, 0.6) is 5.75 Å². The summed E-state index contributed by atoms with van der Waals surface area (Å²) in [5.74, 6) is -0.462. The number of hydrogen-bond acceptors (Lipinski definition) is 5. The third kappa shape index (κ3) is 4.50. The molecule has 28 heavy (non-hydrogen) atoms. The highest BCUT2D eigenvalue weighted by Crippen LogP contribution is 2.27. The number of nitrogens with zero attached hydrogens (tertiary/aromatic N) is 2. The van der Waals surface area contributed by atoms with Crippen LogP contribution in [0.2, 0.25) is 0 Å². The zero-order valence-electron chi connectivity index (χ0n) is 15.5. The Balaban J connectivity index is 1.64. The lowest BCUT2D eigenvalue weighted by Crippen LogP contribution is -2.25. The summed E-state index contributed by atoms with van der Waals surface area (Å²) in [6.45, 7) is 3.15. The summed E-state index contributed by atoms with van der Waals surface area (Å²) in [6, 6.07) is 18.4. The minimum atomic E-state index is -0.539. The first-order valence-corrected chi connectivity index (χ1v) is 8.64. The minimum absolute atomic E-state index is 0.0426. The van der Waals surface area contributed by atoms with Gasteiger partial charge in [0.05, 0.1) is 10.6 Å². The Morgan fingerprint density at radius 3 is 2.61 bits per heavy atom. The maximum absolute atomic E-state index is 12.0. The summed E-state index contributed by atoms with van der Waals surface area (Å²) in [7, 11) is 0. The number of amides is 1. The van der Waals surface area contributed by atoms with E-state index in [0.717, 1.165) is 21.9 Å². The molecule has 0 radical (unpaired) electrons. The average Bonchev–Trinajstić information content (AvgIpc) is 2.70. The van der Waals surface area contributed by atoms with Crippen LogP contribution in [0.25, 0.3) is 10.8 Å². The number of rotatable bonds is 6. The molecular weight excluding hydrogens is 358 g/mol. The van der Waals surface area contributed by atoms with Crippen LogP contribution in [-0.2, 0) is 4.79 Å². The molecule has 0 bridgehead atoms. The molecule has 3 rings (SSSR count). The Bertz CT molecular complexity index is 1080. The van der Waals surface area contributed by atoms with Gasteiger partial charge in [-0.25, -0.2) is 5.43 Å². The molecule has 0 unspecified atom stereocenters. The Labute approximate surface area is 161 Å². The van der Waals surface area contributed by atoms with E-state index in [0.29, 0.717) is 5.71 Å². The fourth-order valence-electron chi connectivity index (χ4n) is 2.69. The highest BCUT2D eigenvalue weighted by Gasteiger charge is 2.16. The molecule has 0 heterocycles.